The van der Waals surface area contributed by atoms with Crippen LogP contribution in [0.4, 0.5) is 0 Å². The zero-order valence-electron chi connectivity index (χ0n) is 11.7. The van der Waals surface area contributed by atoms with Crippen molar-refractivity contribution >= 4 is 29.0 Å². The zero-order valence-corrected chi connectivity index (χ0v) is 13.3. The molecule has 0 fully saturated rings. The molecule has 0 unspecified atom stereocenters. The van der Waals surface area contributed by atoms with Gasteiger partial charge in [-0.1, -0.05) is 29.3 Å². The molecule has 0 bridgehead atoms. The molecule has 0 amide bonds. The van der Waals surface area contributed by atoms with E-state index in [2.05, 4.69) is 4.90 Å². The highest BCUT2D eigenvalue weighted by atomic mass is 35.5. The fraction of sp³-hybridized carbons (Fsp3) is 0.533. The summed E-state index contributed by atoms with van der Waals surface area (Å²) in [7, 11) is 1.99. The number of aliphatic hydroxyl groups excluding tert-OH is 1. The minimum Gasteiger partial charge on any atom is -0.396 e. The molecular weight excluding hydrogens is 297 g/mol. The Morgan fingerprint density at radius 3 is 2.65 bits per heavy atom. The number of unbranched alkanes of at least 4 members (excludes halogenated alkanes) is 2. The van der Waals surface area contributed by atoms with Gasteiger partial charge in [0.15, 0.2) is 5.78 Å². The van der Waals surface area contributed by atoms with Crippen LogP contribution in [0.2, 0.25) is 10.0 Å². The van der Waals surface area contributed by atoms with E-state index in [0.29, 0.717) is 28.6 Å². The standard InChI is InChI=1S/C15H21Cl2NO2/c1-18(9-3-2-4-11-19)10-8-14(20)12-6-5-7-13(16)15(12)17/h5-7,19H,2-4,8-11H2,1H3. The van der Waals surface area contributed by atoms with Crippen LogP contribution in [-0.2, 0) is 0 Å². The van der Waals surface area contributed by atoms with Crippen molar-refractivity contribution in [3.05, 3.63) is 33.8 Å². The Bertz CT molecular complexity index is 438. The lowest BCUT2D eigenvalue weighted by molar-refractivity contribution is 0.0969. The average molecular weight is 318 g/mol. The summed E-state index contributed by atoms with van der Waals surface area (Å²) in [6.07, 6.45) is 3.31. The summed E-state index contributed by atoms with van der Waals surface area (Å²) < 4.78 is 0. The first-order chi connectivity index (χ1) is 9.56. The maximum absolute atomic E-state index is 12.1. The van der Waals surface area contributed by atoms with Crippen molar-refractivity contribution in [3.63, 3.8) is 0 Å². The van der Waals surface area contributed by atoms with E-state index in [4.69, 9.17) is 28.3 Å². The van der Waals surface area contributed by atoms with E-state index in [1.807, 2.05) is 7.05 Å². The Labute approximate surface area is 130 Å². The van der Waals surface area contributed by atoms with Gasteiger partial charge in [-0.25, -0.2) is 0 Å². The first kappa shape index (κ1) is 17.4. The van der Waals surface area contributed by atoms with Gasteiger partial charge >= 0.3 is 0 Å². The number of halogens is 2. The normalized spacial score (nSPS) is 11.1. The average Bonchev–Trinajstić information content (AvgIpc) is 2.44. The molecule has 0 heterocycles. The van der Waals surface area contributed by atoms with Crippen LogP contribution in [0.3, 0.4) is 0 Å². The van der Waals surface area contributed by atoms with E-state index < -0.39 is 0 Å². The molecule has 0 saturated heterocycles. The molecular formula is C15H21Cl2NO2. The highest BCUT2D eigenvalue weighted by Gasteiger charge is 2.13. The topological polar surface area (TPSA) is 40.5 Å². The number of carbonyl (C=O) groups excluding carboxylic acids is 1. The van der Waals surface area contributed by atoms with E-state index >= 15 is 0 Å². The van der Waals surface area contributed by atoms with Gasteiger partial charge < -0.3 is 10.0 Å². The first-order valence-corrected chi connectivity index (χ1v) is 7.58. The minimum absolute atomic E-state index is 0.0136. The summed E-state index contributed by atoms with van der Waals surface area (Å²) >= 11 is 11.9. The van der Waals surface area contributed by atoms with Crippen molar-refractivity contribution in [2.24, 2.45) is 0 Å². The molecule has 0 aliphatic carbocycles. The molecule has 1 rings (SSSR count). The molecule has 0 saturated carbocycles. The van der Waals surface area contributed by atoms with Crippen LogP contribution in [0.5, 0.6) is 0 Å². The first-order valence-electron chi connectivity index (χ1n) is 6.83. The van der Waals surface area contributed by atoms with E-state index in [-0.39, 0.29) is 12.4 Å². The monoisotopic (exact) mass is 317 g/mol. The number of carbonyl (C=O) groups is 1. The molecule has 0 aliphatic rings. The molecule has 20 heavy (non-hydrogen) atoms. The second-order valence-corrected chi connectivity index (χ2v) is 5.65. The second-order valence-electron chi connectivity index (χ2n) is 4.86. The SMILES string of the molecule is CN(CCCCCO)CCC(=O)c1cccc(Cl)c1Cl. The summed E-state index contributed by atoms with van der Waals surface area (Å²) in [6, 6.07) is 5.12. The van der Waals surface area contributed by atoms with Crippen LogP contribution in [0.1, 0.15) is 36.0 Å². The van der Waals surface area contributed by atoms with Crippen molar-refractivity contribution in [1.29, 1.82) is 0 Å². The number of nitrogens with zero attached hydrogens (tertiary/aromatic N) is 1. The van der Waals surface area contributed by atoms with Crippen LogP contribution in [0.25, 0.3) is 0 Å². The molecule has 0 spiro atoms. The van der Waals surface area contributed by atoms with Crippen LogP contribution in [0.15, 0.2) is 18.2 Å². The van der Waals surface area contributed by atoms with Crippen LogP contribution in [-0.4, -0.2) is 42.5 Å². The van der Waals surface area contributed by atoms with Gasteiger partial charge in [-0.2, -0.15) is 0 Å². The number of hydrogen-bond acceptors (Lipinski definition) is 3. The van der Waals surface area contributed by atoms with E-state index in [1.54, 1.807) is 18.2 Å². The highest BCUT2D eigenvalue weighted by Crippen LogP contribution is 2.26. The summed E-state index contributed by atoms with van der Waals surface area (Å²) in [5.41, 5.74) is 0.493. The molecule has 0 aliphatic heterocycles. The van der Waals surface area contributed by atoms with Crippen molar-refractivity contribution in [1.82, 2.24) is 4.90 Å². The van der Waals surface area contributed by atoms with Crippen LogP contribution >= 0.6 is 23.2 Å². The molecule has 112 valence electrons. The summed E-state index contributed by atoms with van der Waals surface area (Å²) in [5, 5.41) is 9.45. The molecule has 3 nitrogen and oxygen atoms in total. The van der Waals surface area contributed by atoms with Crippen molar-refractivity contribution in [2.45, 2.75) is 25.7 Å². The van der Waals surface area contributed by atoms with Gasteiger partial charge in [0, 0.05) is 25.1 Å². The van der Waals surface area contributed by atoms with Crippen LogP contribution in [0, 0.1) is 0 Å². The van der Waals surface area contributed by atoms with Crippen molar-refractivity contribution in [2.75, 3.05) is 26.7 Å². The van der Waals surface area contributed by atoms with Gasteiger partial charge in [0.1, 0.15) is 0 Å². The third-order valence-corrected chi connectivity index (χ3v) is 3.99. The van der Waals surface area contributed by atoms with Gasteiger partial charge in [-0.3, -0.25) is 4.79 Å². The largest absolute Gasteiger partial charge is 0.396 e. The number of aliphatic hydroxyl groups is 1. The quantitative estimate of drug-likeness (QED) is 0.558. The summed E-state index contributed by atoms with van der Waals surface area (Å²) in [4.78, 5) is 14.2. The molecule has 5 heteroatoms. The van der Waals surface area contributed by atoms with Gasteiger partial charge in [-0.05, 0) is 45.0 Å². The number of rotatable bonds is 9. The Morgan fingerprint density at radius 1 is 1.20 bits per heavy atom. The Kier molecular flexibility index (Phi) is 8.15. The fourth-order valence-corrected chi connectivity index (χ4v) is 2.33. The smallest absolute Gasteiger partial charge is 0.165 e. The Hall–Kier alpha value is -0.610. The summed E-state index contributed by atoms with van der Waals surface area (Å²) in [5.74, 6) is 0.0136. The lowest BCUT2D eigenvalue weighted by Crippen LogP contribution is -2.23. The fourth-order valence-electron chi connectivity index (χ4n) is 1.93. The number of hydrogen-bond donors (Lipinski definition) is 1. The predicted molar refractivity (Wildman–Crippen MR) is 83.8 cm³/mol. The van der Waals surface area contributed by atoms with Gasteiger partial charge in [0.2, 0.25) is 0 Å². The van der Waals surface area contributed by atoms with Crippen molar-refractivity contribution in [3.8, 4) is 0 Å². The van der Waals surface area contributed by atoms with Crippen LogP contribution < -0.4 is 0 Å². The molecule has 0 atom stereocenters. The number of benzene rings is 1. The van der Waals surface area contributed by atoms with Crippen molar-refractivity contribution < 1.29 is 9.90 Å². The molecule has 0 aromatic heterocycles. The molecule has 0 radical (unpaired) electrons. The zero-order chi connectivity index (χ0) is 15.0. The molecule has 1 aromatic carbocycles. The van der Waals surface area contributed by atoms with E-state index in [1.165, 1.54) is 0 Å². The Balaban J connectivity index is 2.37. The lowest BCUT2D eigenvalue weighted by Gasteiger charge is -2.16. The third kappa shape index (κ3) is 5.80. The number of Topliss-reactive ketones (excluding diaryl/α,β-unsaturated/α-hetero) is 1. The number of ketones is 1. The molecule has 1 N–H and O–H groups in total. The third-order valence-electron chi connectivity index (χ3n) is 3.17. The van der Waals surface area contributed by atoms with E-state index in [9.17, 15) is 4.79 Å². The maximum atomic E-state index is 12.1. The second kappa shape index (κ2) is 9.35. The van der Waals surface area contributed by atoms with Gasteiger partial charge in [-0.15, -0.1) is 0 Å². The lowest BCUT2D eigenvalue weighted by atomic mass is 10.1. The van der Waals surface area contributed by atoms with Gasteiger partial charge in [0.25, 0.3) is 0 Å². The van der Waals surface area contributed by atoms with Gasteiger partial charge in [0.05, 0.1) is 10.0 Å². The van der Waals surface area contributed by atoms with E-state index in [0.717, 1.165) is 25.8 Å². The Morgan fingerprint density at radius 2 is 1.95 bits per heavy atom. The predicted octanol–water partition coefficient (Wildman–Crippen LogP) is 3.66. The molecule has 1 aromatic rings. The highest BCUT2D eigenvalue weighted by molar-refractivity contribution is 6.43. The maximum Gasteiger partial charge on any atom is 0.165 e. The minimum atomic E-state index is 0.0136. The summed E-state index contributed by atoms with van der Waals surface area (Å²) in [6.45, 7) is 1.87.